The van der Waals surface area contributed by atoms with Crippen molar-refractivity contribution >= 4 is 21.6 Å². The number of nitrogens with zero attached hydrogens (tertiary/aromatic N) is 1. The van der Waals surface area contributed by atoms with Gasteiger partial charge < -0.3 is 9.64 Å². The molecule has 6 nitrogen and oxygen atoms in total. The van der Waals surface area contributed by atoms with Gasteiger partial charge >= 0.3 is 0 Å². The van der Waals surface area contributed by atoms with Gasteiger partial charge in [-0.1, -0.05) is 12.1 Å². The Bertz CT molecular complexity index is 864. The Labute approximate surface area is 161 Å². The predicted octanol–water partition coefficient (Wildman–Crippen LogP) is 2.98. The molecule has 7 heteroatoms. The van der Waals surface area contributed by atoms with Crippen molar-refractivity contribution in [2.45, 2.75) is 25.2 Å². The lowest BCUT2D eigenvalue weighted by molar-refractivity contribution is 0.0988. The summed E-state index contributed by atoms with van der Waals surface area (Å²) in [6, 6.07) is 13.7. The molecule has 2 aromatic rings. The molecule has 0 atom stereocenters. The van der Waals surface area contributed by atoms with Crippen LogP contribution in [0, 0.1) is 6.92 Å². The number of sulfonamides is 1. The fourth-order valence-electron chi connectivity index (χ4n) is 2.68. The maximum atomic E-state index is 12.8. The number of amides is 1. The van der Waals surface area contributed by atoms with E-state index < -0.39 is 10.0 Å². The predicted molar refractivity (Wildman–Crippen MR) is 107 cm³/mol. The van der Waals surface area contributed by atoms with Crippen molar-refractivity contribution in [1.82, 2.24) is 4.72 Å². The van der Waals surface area contributed by atoms with Crippen molar-refractivity contribution in [2.24, 2.45) is 0 Å². The maximum absolute atomic E-state index is 12.8. The molecule has 0 saturated heterocycles. The Morgan fingerprint density at radius 1 is 1.15 bits per heavy atom. The Balaban J connectivity index is 2.14. The standard InChI is InChI=1S/C20H26N2O4S/c1-4-22(18-8-5-7-16(2)15-18)20(23)17-9-11-19(12-10-17)27(24,25)21-13-6-14-26-3/h5,7-12,15,21H,4,6,13-14H2,1-3H3. The van der Waals surface area contributed by atoms with Crippen molar-refractivity contribution in [3.63, 3.8) is 0 Å². The first kappa shape index (κ1) is 21.1. The van der Waals surface area contributed by atoms with Gasteiger partial charge in [-0.25, -0.2) is 13.1 Å². The van der Waals surface area contributed by atoms with E-state index in [2.05, 4.69) is 4.72 Å². The third-order valence-corrected chi connectivity index (χ3v) is 5.58. The molecule has 0 radical (unpaired) electrons. The van der Waals surface area contributed by atoms with Crippen molar-refractivity contribution in [3.05, 3.63) is 59.7 Å². The molecule has 1 amide bonds. The molecule has 0 unspecified atom stereocenters. The van der Waals surface area contributed by atoms with Crippen LogP contribution in [-0.2, 0) is 14.8 Å². The van der Waals surface area contributed by atoms with Crippen molar-refractivity contribution < 1.29 is 17.9 Å². The summed E-state index contributed by atoms with van der Waals surface area (Å²) < 4.78 is 32.0. The van der Waals surface area contributed by atoms with Crippen molar-refractivity contribution in [1.29, 1.82) is 0 Å². The number of benzene rings is 2. The molecule has 0 aliphatic heterocycles. The lowest BCUT2D eigenvalue weighted by atomic mass is 10.1. The van der Waals surface area contributed by atoms with Gasteiger partial charge in [-0.15, -0.1) is 0 Å². The van der Waals surface area contributed by atoms with Gasteiger partial charge in [0.2, 0.25) is 10.0 Å². The molecule has 2 rings (SSSR count). The Morgan fingerprint density at radius 3 is 2.44 bits per heavy atom. The van der Waals surface area contributed by atoms with Gasteiger partial charge in [-0.3, -0.25) is 4.79 Å². The Morgan fingerprint density at radius 2 is 1.85 bits per heavy atom. The van der Waals surface area contributed by atoms with E-state index in [1.54, 1.807) is 24.1 Å². The summed E-state index contributed by atoms with van der Waals surface area (Å²) in [4.78, 5) is 14.6. The van der Waals surface area contributed by atoms with Gasteiger partial charge in [0.1, 0.15) is 0 Å². The molecule has 0 spiro atoms. The minimum Gasteiger partial charge on any atom is -0.385 e. The molecule has 0 aliphatic rings. The van der Waals surface area contributed by atoms with Gasteiger partial charge in [-0.2, -0.15) is 0 Å². The lowest BCUT2D eigenvalue weighted by Crippen LogP contribution is -2.30. The second-order valence-electron chi connectivity index (χ2n) is 6.16. The first-order valence-corrected chi connectivity index (χ1v) is 10.3. The number of nitrogens with one attached hydrogen (secondary N) is 1. The molecule has 0 aliphatic carbocycles. The van der Waals surface area contributed by atoms with E-state index in [9.17, 15) is 13.2 Å². The molecule has 0 heterocycles. The molecule has 0 fully saturated rings. The quantitative estimate of drug-likeness (QED) is 0.668. The lowest BCUT2D eigenvalue weighted by Gasteiger charge is -2.21. The largest absolute Gasteiger partial charge is 0.385 e. The highest BCUT2D eigenvalue weighted by Gasteiger charge is 2.18. The van der Waals surface area contributed by atoms with Crippen LogP contribution in [0.25, 0.3) is 0 Å². The normalized spacial score (nSPS) is 11.4. The first-order chi connectivity index (χ1) is 12.9. The number of methoxy groups -OCH3 is 1. The van der Waals surface area contributed by atoms with E-state index in [4.69, 9.17) is 4.74 Å². The summed E-state index contributed by atoms with van der Waals surface area (Å²) in [5, 5.41) is 0. The molecule has 146 valence electrons. The number of carbonyl (C=O) groups excluding carboxylic acids is 1. The fourth-order valence-corrected chi connectivity index (χ4v) is 3.75. The summed E-state index contributed by atoms with van der Waals surface area (Å²) in [7, 11) is -2.03. The van der Waals surface area contributed by atoms with E-state index in [-0.39, 0.29) is 10.8 Å². The molecule has 1 N–H and O–H groups in total. The molecular weight excluding hydrogens is 364 g/mol. The van der Waals surface area contributed by atoms with Gasteiger partial charge in [-0.05, 0) is 62.2 Å². The van der Waals surface area contributed by atoms with Crippen LogP contribution in [0.1, 0.15) is 29.3 Å². The highest BCUT2D eigenvalue weighted by molar-refractivity contribution is 7.89. The van der Waals surface area contributed by atoms with Crippen LogP contribution >= 0.6 is 0 Å². The molecule has 0 saturated carbocycles. The van der Waals surface area contributed by atoms with E-state index >= 15 is 0 Å². The minimum atomic E-state index is -3.60. The second-order valence-corrected chi connectivity index (χ2v) is 7.92. The van der Waals surface area contributed by atoms with E-state index in [0.717, 1.165) is 11.3 Å². The summed E-state index contributed by atoms with van der Waals surface area (Å²) in [6.45, 7) is 5.18. The van der Waals surface area contributed by atoms with E-state index in [1.807, 2.05) is 38.1 Å². The smallest absolute Gasteiger partial charge is 0.258 e. The van der Waals surface area contributed by atoms with Crippen LogP contribution in [0.4, 0.5) is 5.69 Å². The summed E-state index contributed by atoms with van der Waals surface area (Å²) in [5.74, 6) is -0.167. The van der Waals surface area contributed by atoms with Gasteiger partial charge in [0.05, 0.1) is 4.90 Å². The molecule has 2 aromatic carbocycles. The number of rotatable bonds is 9. The number of anilines is 1. The maximum Gasteiger partial charge on any atom is 0.258 e. The van der Waals surface area contributed by atoms with Crippen LogP contribution in [0.15, 0.2) is 53.4 Å². The second kappa shape index (κ2) is 9.64. The minimum absolute atomic E-state index is 0.134. The molecule has 0 aromatic heterocycles. The summed E-state index contributed by atoms with van der Waals surface area (Å²) in [6.07, 6.45) is 0.592. The van der Waals surface area contributed by atoms with Gasteiger partial charge in [0, 0.05) is 38.1 Å². The summed E-state index contributed by atoms with van der Waals surface area (Å²) >= 11 is 0. The highest BCUT2D eigenvalue weighted by Crippen LogP contribution is 2.19. The molecule has 27 heavy (non-hydrogen) atoms. The van der Waals surface area contributed by atoms with Crippen molar-refractivity contribution in [3.8, 4) is 0 Å². The highest BCUT2D eigenvalue weighted by atomic mass is 32.2. The van der Waals surface area contributed by atoms with Crippen LogP contribution in [-0.4, -0.2) is 41.1 Å². The van der Waals surface area contributed by atoms with Crippen LogP contribution in [0.5, 0.6) is 0 Å². The zero-order chi connectivity index (χ0) is 19.9. The summed E-state index contributed by atoms with van der Waals surface area (Å²) in [5.41, 5.74) is 2.33. The van der Waals surface area contributed by atoms with Gasteiger partial charge in [0.25, 0.3) is 5.91 Å². The van der Waals surface area contributed by atoms with E-state index in [0.29, 0.717) is 31.7 Å². The fraction of sp³-hybridized carbons (Fsp3) is 0.350. The third-order valence-electron chi connectivity index (χ3n) is 4.10. The topological polar surface area (TPSA) is 75.7 Å². The van der Waals surface area contributed by atoms with Crippen LogP contribution < -0.4 is 9.62 Å². The van der Waals surface area contributed by atoms with Crippen LogP contribution in [0.2, 0.25) is 0 Å². The first-order valence-electron chi connectivity index (χ1n) is 8.86. The average molecular weight is 391 g/mol. The van der Waals surface area contributed by atoms with Crippen molar-refractivity contribution in [2.75, 3.05) is 31.7 Å². The van der Waals surface area contributed by atoms with Crippen LogP contribution in [0.3, 0.4) is 0 Å². The number of hydrogen-bond donors (Lipinski definition) is 1. The molecular formula is C20H26N2O4S. The van der Waals surface area contributed by atoms with Gasteiger partial charge in [0.15, 0.2) is 0 Å². The third kappa shape index (κ3) is 5.63. The number of carbonyl (C=O) groups is 1. The number of ether oxygens (including phenoxy) is 1. The monoisotopic (exact) mass is 390 g/mol. The number of aryl methyl sites for hydroxylation is 1. The Hall–Kier alpha value is -2.22. The average Bonchev–Trinajstić information content (AvgIpc) is 2.66. The van der Waals surface area contributed by atoms with E-state index in [1.165, 1.54) is 12.1 Å². The zero-order valence-electron chi connectivity index (χ0n) is 15.9. The zero-order valence-corrected chi connectivity index (χ0v) is 16.8. The Kier molecular flexibility index (Phi) is 7.53. The SMILES string of the molecule is CCN(C(=O)c1ccc(S(=O)(=O)NCCCOC)cc1)c1cccc(C)c1. The molecule has 0 bridgehead atoms. The number of hydrogen-bond acceptors (Lipinski definition) is 4.